The van der Waals surface area contributed by atoms with Gasteiger partial charge in [0.05, 0.1) is 0 Å². The van der Waals surface area contributed by atoms with E-state index in [4.69, 9.17) is 10.00 Å². The molecule has 86 valence electrons. The molecular weight excluding hydrogens is 200 g/mol. The average molecular weight is 218 g/mol. The molecule has 1 aromatic rings. The molecule has 1 unspecified atom stereocenters. The van der Waals surface area contributed by atoms with E-state index in [2.05, 4.69) is 19.2 Å². The van der Waals surface area contributed by atoms with E-state index in [0.29, 0.717) is 6.04 Å². The summed E-state index contributed by atoms with van der Waals surface area (Å²) in [6.07, 6.45) is 1.10. The van der Waals surface area contributed by atoms with Crippen molar-refractivity contribution in [2.75, 3.05) is 6.61 Å². The number of hydrogen-bond donors (Lipinski definition) is 1. The molecular formula is C13H18N2O. The van der Waals surface area contributed by atoms with Gasteiger partial charge in [-0.1, -0.05) is 25.1 Å². The van der Waals surface area contributed by atoms with Crippen LogP contribution in [-0.2, 0) is 6.54 Å². The highest BCUT2D eigenvalue weighted by atomic mass is 16.5. The van der Waals surface area contributed by atoms with E-state index >= 15 is 0 Å². The zero-order chi connectivity index (χ0) is 11.8. The molecule has 1 aromatic carbocycles. The second-order valence-electron chi connectivity index (χ2n) is 3.74. The number of nitriles is 1. The lowest BCUT2D eigenvalue weighted by Gasteiger charge is -2.13. The van der Waals surface area contributed by atoms with Gasteiger partial charge in [-0.15, -0.1) is 0 Å². The first-order chi connectivity index (χ1) is 7.77. The molecule has 3 heteroatoms. The van der Waals surface area contributed by atoms with Crippen LogP contribution < -0.4 is 10.1 Å². The summed E-state index contributed by atoms with van der Waals surface area (Å²) in [6, 6.07) is 10.3. The van der Waals surface area contributed by atoms with Gasteiger partial charge in [0.15, 0.2) is 6.61 Å². The Bertz CT molecular complexity index is 357. The maximum absolute atomic E-state index is 8.48. The SMILES string of the molecule is CCC(C)NCc1ccccc1OCC#N. The van der Waals surface area contributed by atoms with Crippen LogP contribution in [0.4, 0.5) is 0 Å². The Kier molecular flexibility index (Phi) is 5.38. The lowest BCUT2D eigenvalue weighted by Crippen LogP contribution is -2.24. The fourth-order valence-electron chi connectivity index (χ4n) is 1.33. The molecule has 16 heavy (non-hydrogen) atoms. The third-order valence-electron chi connectivity index (χ3n) is 2.52. The second kappa shape index (κ2) is 6.86. The standard InChI is InChI=1S/C13H18N2O/c1-3-11(2)15-10-12-6-4-5-7-13(12)16-9-8-14/h4-7,11,15H,3,9-10H2,1-2H3. The number of nitrogens with zero attached hydrogens (tertiary/aromatic N) is 1. The number of nitrogens with one attached hydrogen (secondary N) is 1. The van der Waals surface area contributed by atoms with Gasteiger partial charge in [0.1, 0.15) is 11.8 Å². The van der Waals surface area contributed by atoms with Crippen LogP contribution in [0.2, 0.25) is 0 Å². The van der Waals surface area contributed by atoms with Gasteiger partial charge in [-0.05, 0) is 19.4 Å². The predicted octanol–water partition coefficient (Wildman–Crippen LogP) is 2.48. The van der Waals surface area contributed by atoms with Crippen LogP contribution in [-0.4, -0.2) is 12.6 Å². The highest BCUT2D eigenvalue weighted by molar-refractivity contribution is 5.33. The zero-order valence-corrected chi connectivity index (χ0v) is 9.86. The fourth-order valence-corrected chi connectivity index (χ4v) is 1.33. The van der Waals surface area contributed by atoms with Crippen molar-refractivity contribution in [1.29, 1.82) is 5.26 Å². The number of rotatable bonds is 6. The molecule has 0 aromatic heterocycles. The molecule has 1 N–H and O–H groups in total. The number of para-hydroxylation sites is 1. The lowest BCUT2D eigenvalue weighted by atomic mass is 10.2. The molecule has 0 saturated carbocycles. The minimum absolute atomic E-state index is 0.0976. The molecule has 0 amide bonds. The Morgan fingerprint density at radius 1 is 1.44 bits per heavy atom. The first-order valence-corrected chi connectivity index (χ1v) is 5.59. The monoisotopic (exact) mass is 218 g/mol. The zero-order valence-electron chi connectivity index (χ0n) is 9.86. The number of hydrogen-bond acceptors (Lipinski definition) is 3. The van der Waals surface area contributed by atoms with E-state index in [1.165, 1.54) is 0 Å². The lowest BCUT2D eigenvalue weighted by molar-refractivity contribution is 0.361. The van der Waals surface area contributed by atoms with Crippen LogP contribution >= 0.6 is 0 Å². The smallest absolute Gasteiger partial charge is 0.174 e. The van der Waals surface area contributed by atoms with Crippen molar-refractivity contribution < 1.29 is 4.74 Å². The minimum Gasteiger partial charge on any atom is -0.478 e. The van der Waals surface area contributed by atoms with Crippen molar-refractivity contribution in [1.82, 2.24) is 5.32 Å². The Morgan fingerprint density at radius 3 is 2.88 bits per heavy atom. The number of ether oxygens (including phenoxy) is 1. The first kappa shape index (κ1) is 12.5. The number of benzene rings is 1. The summed E-state index contributed by atoms with van der Waals surface area (Å²) in [7, 11) is 0. The summed E-state index contributed by atoms with van der Waals surface area (Å²) in [5.74, 6) is 0.792. The van der Waals surface area contributed by atoms with Crippen molar-refractivity contribution in [3.63, 3.8) is 0 Å². The molecule has 0 saturated heterocycles. The molecule has 1 rings (SSSR count). The molecule has 0 heterocycles. The Labute approximate surface area is 97.0 Å². The molecule has 1 atom stereocenters. The summed E-state index contributed by atoms with van der Waals surface area (Å²) in [6.45, 7) is 5.17. The van der Waals surface area contributed by atoms with Crippen LogP contribution in [0, 0.1) is 11.3 Å². The summed E-state index contributed by atoms with van der Waals surface area (Å²) in [5.41, 5.74) is 1.10. The average Bonchev–Trinajstić information content (AvgIpc) is 2.34. The largest absolute Gasteiger partial charge is 0.478 e. The highest BCUT2D eigenvalue weighted by Crippen LogP contribution is 2.17. The van der Waals surface area contributed by atoms with Gasteiger partial charge < -0.3 is 10.1 Å². The molecule has 3 nitrogen and oxygen atoms in total. The van der Waals surface area contributed by atoms with Crippen molar-refractivity contribution in [3.8, 4) is 11.8 Å². The summed E-state index contributed by atoms with van der Waals surface area (Å²) >= 11 is 0. The molecule has 0 radical (unpaired) electrons. The van der Waals surface area contributed by atoms with Gasteiger partial charge in [-0.25, -0.2) is 0 Å². The highest BCUT2D eigenvalue weighted by Gasteiger charge is 2.04. The van der Waals surface area contributed by atoms with Crippen LogP contribution in [0.3, 0.4) is 0 Å². The molecule has 0 spiro atoms. The molecule has 0 fully saturated rings. The van der Waals surface area contributed by atoms with Crippen LogP contribution in [0.15, 0.2) is 24.3 Å². The topological polar surface area (TPSA) is 45.0 Å². The van der Waals surface area contributed by atoms with E-state index in [9.17, 15) is 0 Å². The van der Waals surface area contributed by atoms with Crippen molar-refractivity contribution in [3.05, 3.63) is 29.8 Å². The maximum Gasteiger partial charge on any atom is 0.174 e. The maximum atomic E-state index is 8.48. The van der Waals surface area contributed by atoms with E-state index in [1.807, 2.05) is 30.3 Å². The molecule has 0 aliphatic rings. The van der Waals surface area contributed by atoms with Gasteiger partial charge in [-0.2, -0.15) is 5.26 Å². The van der Waals surface area contributed by atoms with Crippen molar-refractivity contribution in [2.24, 2.45) is 0 Å². The Balaban J connectivity index is 2.60. The van der Waals surface area contributed by atoms with Crippen molar-refractivity contribution in [2.45, 2.75) is 32.9 Å². The second-order valence-corrected chi connectivity index (χ2v) is 3.74. The molecule has 0 aliphatic heterocycles. The Morgan fingerprint density at radius 2 is 2.19 bits per heavy atom. The van der Waals surface area contributed by atoms with Gasteiger partial charge >= 0.3 is 0 Å². The Hall–Kier alpha value is -1.53. The van der Waals surface area contributed by atoms with Gasteiger partial charge in [0, 0.05) is 18.2 Å². The summed E-state index contributed by atoms with van der Waals surface area (Å²) < 4.78 is 5.35. The predicted molar refractivity (Wildman–Crippen MR) is 64.1 cm³/mol. The first-order valence-electron chi connectivity index (χ1n) is 5.59. The van der Waals surface area contributed by atoms with Crippen LogP contribution in [0.25, 0.3) is 0 Å². The van der Waals surface area contributed by atoms with Gasteiger partial charge in [0.2, 0.25) is 0 Å². The summed E-state index contributed by atoms with van der Waals surface area (Å²) in [5, 5.41) is 11.9. The molecule has 0 bridgehead atoms. The fraction of sp³-hybridized carbons (Fsp3) is 0.462. The summed E-state index contributed by atoms with van der Waals surface area (Å²) in [4.78, 5) is 0. The van der Waals surface area contributed by atoms with Crippen molar-refractivity contribution >= 4 is 0 Å². The van der Waals surface area contributed by atoms with E-state index in [0.717, 1.165) is 24.3 Å². The normalized spacial score (nSPS) is 11.8. The van der Waals surface area contributed by atoms with Gasteiger partial charge in [-0.3, -0.25) is 0 Å². The van der Waals surface area contributed by atoms with Crippen LogP contribution in [0.1, 0.15) is 25.8 Å². The third kappa shape index (κ3) is 3.92. The quantitative estimate of drug-likeness (QED) is 0.797. The minimum atomic E-state index is 0.0976. The van der Waals surface area contributed by atoms with E-state index < -0.39 is 0 Å². The van der Waals surface area contributed by atoms with E-state index in [-0.39, 0.29) is 6.61 Å². The van der Waals surface area contributed by atoms with Crippen LogP contribution in [0.5, 0.6) is 5.75 Å². The van der Waals surface area contributed by atoms with Gasteiger partial charge in [0.25, 0.3) is 0 Å². The van der Waals surface area contributed by atoms with E-state index in [1.54, 1.807) is 0 Å². The third-order valence-corrected chi connectivity index (χ3v) is 2.52. The molecule has 0 aliphatic carbocycles.